The minimum absolute atomic E-state index is 0.189. The van der Waals surface area contributed by atoms with Gasteiger partial charge in [0.1, 0.15) is 12.3 Å². The van der Waals surface area contributed by atoms with E-state index in [0.29, 0.717) is 17.8 Å². The number of nitrogens with two attached hydrogens (primary N) is 3. The molecule has 0 radical (unpaired) electrons. The molecule has 98 valence electrons. The molecule has 0 spiro atoms. The fourth-order valence-electron chi connectivity index (χ4n) is 1.96. The van der Waals surface area contributed by atoms with Crippen molar-refractivity contribution in [2.45, 2.75) is 12.1 Å². The Hall–Kier alpha value is -2.22. The van der Waals surface area contributed by atoms with Gasteiger partial charge in [-0.3, -0.25) is 5.73 Å². The summed E-state index contributed by atoms with van der Waals surface area (Å²) in [5.74, 6) is 2.41. The van der Waals surface area contributed by atoms with Crippen LogP contribution in [-0.2, 0) is 4.74 Å². The van der Waals surface area contributed by atoms with Crippen LogP contribution in [0, 0.1) is 12.3 Å². The van der Waals surface area contributed by atoms with Gasteiger partial charge >= 0.3 is 0 Å². The number of anilines is 2. The average molecular weight is 255 g/mol. The smallest absolute Gasteiger partial charge is 0.141 e. The van der Waals surface area contributed by atoms with Crippen LogP contribution in [0.15, 0.2) is 36.4 Å². The Labute approximate surface area is 112 Å². The van der Waals surface area contributed by atoms with Crippen molar-refractivity contribution in [3.05, 3.63) is 42.0 Å². The van der Waals surface area contributed by atoms with Crippen molar-refractivity contribution in [2.24, 2.45) is 5.73 Å². The Bertz CT molecular complexity index is 584. The molecule has 0 saturated carbocycles. The van der Waals surface area contributed by atoms with Crippen LogP contribution in [0.2, 0.25) is 0 Å². The van der Waals surface area contributed by atoms with Crippen molar-refractivity contribution in [3.63, 3.8) is 0 Å². The summed E-state index contributed by atoms with van der Waals surface area (Å²) in [6.45, 7) is 0.189. The fraction of sp³-hybridized carbons (Fsp3) is 0.200. The zero-order valence-corrected chi connectivity index (χ0v) is 10.6. The van der Waals surface area contributed by atoms with E-state index < -0.39 is 5.72 Å². The quantitative estimate of drug-likeness (QED) is 0.434. The second kappa shape index (κ2) is 5.19. The van der Waals surface area contributed by atoms with Crippen LogP contribution in [0.5, 0.6) is 0 Å². The SMILES string of the molecule is C#CCOC1(N)C=CC(c2ccc(N)cc2N)=CC1. The summed E-state index contributed by atoms with van der Waals surface area (Å²) in [5.41, 5.74) is 20.1. The van der Waals surface area contributed by atoms with Crippen LogP contribution in [0.25, 0.3) is 5.57 Å². The molecule has 2 rings (SSSR count). The van der Waals surface area contributed by atoms with Gasteiger partial charge in [-0.05, 0) is 23.8 Å². The molecule has 0 saturated heterocycles. The molecule has 6 N–H and O–H groups in total. The molecular formula is C15H17N3O. The Morgan fingerprint density at radius 1 is 1.37 bits per heavy atom. The number of nitrogen functional groups attached to an aromatic ring is 2. The van der Waals surface area contributed by atoms with Gasteiger partial charge in [-0.15, -0.1) is 6.42 Å². The van der Waals surface area contributed by atoms with E-state index in [-0.39, 0.29) is 6.61 Å². The molecule has 0 bridgehead atoms. The van der Waals surface area contributed by atoms with Gasteiger partial charge in [0, 0.05) is 23.4 Å². The molecule has 1 aromatic carbocycles. The van der Waals surface area contributed by atoms with Crippen molar-refractivity contribution in [2.75, 3.05) is 18.1 Å². The molecule has 1 atom stereocenters. The molecule has 4 heteroatoms. The van der Waals surface area contributed by atoms with Gasteiger partial charge in [0.25, 0.3) is 0 Å². The minimum Gasteiger partial charge on any atom is -0.399 e. The third kappa shape index (κ3) is 2.97. The van der Waals surface area contributed by atoms with Crippen LogP contribution >= 0.6 is 0 Å². The van der Waals surface area contributed by atoms with E-state index in [4.69, 9.17) is 28.4 Å². The van der Waals surface area contributed by atoms with Crippen LogP contribution < -0.4 is 17.2 Å². The van der Waals surface area contributed by atoms with Crippen LogP contribution in [-0.4, -0.2) is 12.3 Å². The van der Waals surface area contributed by atoms with E-state index in [1.54, 1.807) is 12.1 Å². The normalized spacial score (nSPS) is 21.8. The summed E-state index contributed by atoms with van der Waals surface area (Å²) in [7, 11) is 0. The molecule has 0 aromatic heterocycles. The van der Waals surface area contributed by atoms with Gasteiger partial charge in [0.2, 0.25) is 0 Å². The lowest BCUT2D eigenvalue weighted by atomic mass is 9.94. The van der Waals surface area contributed by atoms with E-state index in [9.17, 15) is 0 Å². The molecule has 1 aromatic rings. The summed E-state index contributed by atoms with van der Waals surface area (Å²) in [6.07, 6.45) is 11.4. The highest BCUT2D eigenvalue weighted by atomic mass is 16.5. The Morgan fingerprint density at radius 3 is 2.74 bits per heavy atom. The third-order valence-corrected chi connectivity index (χ3v) is 3.00. The third-order valence-electron chi connectivity index (χ3n) is 3.00. The predicted octanol–water partition coefficient (Wildman–Crippen LogP) is 1.50. The molecule has 0 heterocycles. The number of allylic oxidation sites excluding steroid dienone is 2. The van der Waals surface area contributed by atoms with Gasteiger partial charge in [0.05, 0.1) is 0 Å². The van der Waals surface area contributed by atoms with Crippen LogP contribution in [0.1, 0.15) is 12.0 Å². The summed E-state index contributed by atoms with van der Waals surface area (Å²) in [4.78, 5) is 0. The molecule has 1 aliphatic rings. The Balaban J connectivity index is 2.18. The summed E-state index contributed by atoms with van der Waals surface area (Å²) >= 11 is 0. The van der Waals surface area contributed by atoms with Gasteiger partial charge < -0.3 is 16.2 Å². The number of benzene rings is 1. The lowest BCUT2D eigenvalue weighted by molar-refractivity contribution is 0.0185. The van der Waals surface area contributed by atoms with Crippen molar-refractivity contribution in [3.8, 4) is 12.3 Å². The first-order valence-electron chi connectivity index (χ1n) is 5.95. The number of rotatable bonds is 3. The first-order valence-corrected chi connectivity index (χ1v) is 5.95. The molecule has 1 unspecified atom stereocenters. The second-order valence-electron chi connectivity index (χ2n) is 4.49. The first kappa shape index (κ1) is 13.2. The highest BCUT2D eigenvalue weighted by molar-refractivity contribution is 5.83. The molecule has 0 amide bonds. The van der Waals surface area contributed by atoms with Crippen LogP contribution in [0.3, 0.4) is 0 Å². The van der Waals surface area contributed by atoms with Gasteiger partial charge in [-0.25, -0.2) is 0 Å². The number of hydrogen-bond donors (Lipinski definition) is 3. The van der Waals surface area contributed by atoms with E-state index in [0.717, 1.165) is 11.1 Å². The molecule has 1 aliphatic carbocycles. The molecule has 4 nitrogen and oxygen atoms in total. The van der Waals surface area contributed by atoms with Crippen molar-refractivity contribution in [1.29, 1.82) is 0 Å². The molecule has 0 fully saturated rings. The number of terminal acetylenes is 1. The van der Waals surface area contributed by atoms with E-state index >= 15 is 0 Å². The average Bonchev–Trinajstić information content (AvgIpc) is 2.38. The highest BCUT2D eigenvalue weighted by Gasteiger charge is 2.24. The lowest BCUT2D eigenvalue weighted by Gasteiger charge is -2.27. The summed E-state index contributed by atoms with van der Waals surface area (Å²) in [6, 6.07) is 5.45. The second-order valence-corrected chi connectivity index (χ2v) is 4.49. The van der Waals surface area contributed by atoms with Gasteiger partial charge in [-0.2, -0.15) is 0 Å². The molecule has 0 aliphatic heterocycles. The lowest BCUT2D eigenvalue weighted by Crippen LogP contribution is -2.41. The van der Waals surface area contributed by atoms with E-state index in [1.165, 1.54) is 0 Å². The van der Waals surface area contributed by atoms with Crippen molar-refractivity contribution < 1.29 is 4.74 Å². The van der Waals surface area contributed by atoms with Crippen molar-refractivity contribution in [1.82, 2.24) is 0 Å². The Morgan fingerprint density at radius 2 is 2.16 bits per heavy atom. The predicted molar refractivity (Wildman–Crippen MR) is 78.7 cm³/mol. The van der Waals surface area contributed by atoms with Crippen molar-refractivity contribution >= 4 is 16.9 Å². The maximum atomic E-state index is 6.05. The standard InChI is InChI=1S/C15H17N3O/c1-2-9-19-15(18)7-5-11(6-8-15)13-4-3-12(16)10-14(13)17/h1,3-7,10H,8-9,16-18H2. The van der Waals surface area contributed by atoms with Gasteiger partial charge in [0.15, 0.2) is 0 Å². The first-order chi connectivity index (χ1) is 9.04. The highest BCUT2D eigenvalue weighted by Crippen LogP contribution is 2.30. The van der Waals surface area contributed by atoms with E-state index in [1.807, 2.05) is 24.3 Å². The van der Waals surface area contributed by atoms with Gasteiger partial charge in [-0.1, -0.05) is 24.1 Å². The number of ether oxygens (including phenoxy) is 1. The zero-order chi connectivity index (χ0) is 13.9. The minimum atomic E-state index is -0.835. The Kier molecular flexibility index (Phi) is 3.61. The molecular weight excluding hydrogens is 238 g/mol. The topological polar surface area (TPSA) is 87.3 Å². The fourth-order valence-corrected chi connectivity index (χ4v) is 1.96. The van der Waals surface area contributed by atoms with Crippen LogP contribution in [0.4, 0.5) is 11.4 Å². The zero-order valence-electron chi connectivity index (χ0n) is 10.6. The molecule has 19 heavy (non-hydrogen) atoms. The summed E-state index contributed by atoms with van der Waals surface area (Å²) in [5, 5.41) is 0. The largest absolute Gasteiger partial charge is 0.399 e. The van der Waals surface area contributed by atoms with E-state index in [2.05, 4.69) is 5.92 Å². The monoisotopic (exact) mass is 255 g/mol. The summed E-state index contributed by atoms with van der Waals surface area (Å²) < 4.78 is 5.41. The number of hydrogen-bond acceptors (Lipinski definition) is 4. The maximum Gasteiger partial charge on any atom is 0.141 e. The maximum absolute atomic E-state index is 6.05.